The van der Waals surface area contributed by atoms with Crippen molar-refractivity contribution >= 4 is 5.91 Å². The molecular weight excluding hydrogens is 490 g/mol. The van der Waals surface area contributed by atoms with Crippen LogP contribution < -0.4 is 9.47 Å². The Hall–Kier alpha value is -3.56. The number of hydrogen-bond donors (Lipinski definition) is 0. The number of amides is 1. The Morgan fingerprint density at radius 3 is 2.49 bits per heavy atom. The number of alkyl halides is 3. The van der Waals surface area contributed by atoms with Crippen LogP contribution in [0.15, 0.2) is 48.5 Å². The molecule has 2 aliphatic carbocycles. The first kappa shape index (κ1) is 23.8. The number of hydrogen-bond acceptors (Lipinski definition) is 4. The highest BCUT2D eigenvalue weighted by Crippen LogP contribution is 2.55. The fourth-order valence-corrected chi connectivity index (χ4v) is 5.46. The minimum Gasteiger partial charge on any atom is -0.489 e. The number of methoxy groups -OCH3 is 1. The van der Waals surface area contributed by atoms with Gasteiger partial charge in [-0.3, -0.25) is 4.79 Å². The minimum absolute atomic E-state index is 0.00465. The van der Waals surface area contributed by atoms with Gasteiger partial charge in [-0.05, 0) is 43.9 Å². The highest BCUT2D eigenvalue weighted by Gasteiger charge is 2.55. The van der Waals surface area contributed by atoms with Crippen molar-refractivity contribution in [1.82, 2.24) is 14.7 Å². The minimum atomic E-state index is -4.50. The molecule has 0 radical (unpaired) electrons. The van der Waals surface area contributed by atoms with Crippen molar-refractivity contribution in [2.24, 2.45) is 5.41 Å². The third-order valence-corrected chi connectivity index (χ3v) is 7.43. The Labute approximate surface area is 210 Å². The summed E-state index contributed by atoms with van der Waals surface area (Å²) in [5.74, 6) is 0.0482. The van der Waals surface area contributed by atoms with Gasteiger partial charge >= 0.3 is 6.18 Å². The summed E-state index contributed by atoms with van der Waals surface area (Å²) in [4.78, 5) is 14.8. The Bertz CT molecular complexity index is 1350. The van der Waals surface area contributed by atoms with E-state index >= 15 is 0 Å². The average Bonchev–Trinajstić information content (AvgIpc) is 3.52. The molecule has 6 nitrogen and oxygen atoms in total. The molecule has 2 aromatic carbocycles. The summed E-state index contributed by atoms with van der Waals surface area (Å²) in [6, 6.07) is 10.8. The van der Waals surface area contributed by atoms with E-state index in [1.807, 2.05) is 0 Å². The SMILES string of the molecule is COc1cc(-c2ccccc2C(F)(F)F)nn1C1CC2(C1)CN(C(=O)c1ccc(F)cc1OC1CC1)C2. The molecule has 37 heavy (non-hydrogen) atoms. The van der Waals surface area contributed by atoms with Gasteiger partial charge in [0.1, 0.15) is 11.6 Å². The molecule has 3 aromatic rings. The Morgan fingerprint density at radius 2 is 1.81 bits per heavy atom. The molecule has 6 rings (SSSR count). The maximum atomic E-state index is 13.7. The molecule has 2 saturated carbocycles. The van der Waals surface area contributed by atoms with Crippen LogP contribution in [-0.2, 0) is 6.18 Å². The molecule has 0 unspecified atom stereocenters. The fourth-order valence-electron chi connectivity index (χ4n) is 5.46. The van der Waals surface area contributed by atoms with E-state index in [0.717, 1.165) is 31.7 Å². The fraction of sp³-hybridized carbons (Fsp3) is 0.407. The number of carbonyl (C=O) groups is 1. The van der Waals surface area contributed by atoms with Gasteiger partial charge in [-0.25, -0.2) is 9.07 Å². The lowest BCUT2D eigenvalue weighted by molar-refractivity contribution is -0.137. The van der Waals surface area contributed by atoms with Crippen LogP contribution in [0.3, 0.4) is 0 Å². The predicted octanol–water partition coefficient (Wildman–Crippen LogP) is 5.74. The van der Waals surface area contributed by atoms with Crippen LogP contribution >= 0.6 is 0 Å². The normalized spacial score (nSPS) is 18.9. The van der Waals surface area contributed by atoms with Gasteiger partial charge in [0.2, 0.25) is 5.88 Å². The van der Waals surface area contributed by atoms with E-state index in [0.29, 0.717) is 24.5 Å². The predicted molar refractivity (Wildman–Crippen MR) is 126 cm³/mol. The lowest BCUT2D eigenvalue weighted by Gasteiger charge is -2.58. The van der Waals surface area contributed by atoms with Gasteiger partial charge in [-0.1, -0.05) is 18.2 Å². The molecule has 1 aromatic heterocycles. The molecule has 3 aliphatic rings. The largest absolute Gasteiger partial charge is 0.489 e. The number of ether oxygens (including phenoxy) is 2. The van der Waals surface area contributed by atoms with E-state index in [4.69, 9.17) is 9.47 Å². The van der Waals surface area contributed by atoms with Gasteiger partial charge < -0.3 is 14.4 Å². The highest BCUT2D eigenvalue weighted by molar-refractivity contribution is 5.97. The molecular formula is C27H25F4N3O3. The van der Waals surface area contributed by atoms with Crippen molar-refractivity contribution in [3.8, 4) is 22.9 Å². The van der Waals surface area contributed by atoms with Crippen molar-refractivity contribution in [3.63, 3.8) is 0 Å². The van der Waals surface area contributed by atoms with Gasteiger partial charge in [0.05, 0.1) is 36.1 Å². The molecule has 1 saturated heterocycles. The van der Waals surface area contributed by atoms with E-state index in [9.17, 15) is 22.4 Å². The van der Waals surface area contributed by atoms with Crippen molar-refractivity contribution < 1.29 is 31.8 Å². The highest BCUT2D eigenvalue weighted by atomic mass is 19.4. The van der Waals surface area contributed by atoms with Crippen molar-refractivity contribution in [2.45, 2.75) is 44.0 Å². The second kappa shape index (κ2) is 8.49. The van der Waals surface area contributed by atoms with Gasteiger partial charge in [-0.15, -0.1) is 0 Å². The topological polar surface area (TPSA) is 56.6 Å². The zero-order chi connectivity index (χ0) is 25.9. The molecule has 1 spiro atoms. The Balaban J connectivity index is 1.15. The Morgan fingerprint density at radius 1 is 1.08 bits per heavy atom. The van der Waals surface area contributed by atoms with Gasteiger partial charge in [0.15, 0.2) is 0 Å². The number of benzene rings is 2. The van der Waals surface area contributed by atoms with E-state index in [-0.39, 0.29) is 40.5 Å². The summed E-state index contributed by atoms with van der Waals surface area (Å²) in [5.41, 5.74) is -0.244. The number of aromatic nitrogens is 2. The lowest BCUT2D eigenvalue weighted by atomic mass is 9.60. The average molecular weight is 516 g/mol. The number of rotatable bonds is 6. The molecule has 3 fully saturated rings. The van der Waals surface area contributed by atoms with Crippen LogP contribution in [-0.4, -0.2) is 46.9 Å². The molecule has 194 valence electrons. The summed E-state index contributed by atoms with van der Waals surface area (Å²) >= 11 is 0. The first-order valence-corrected chi connectivity index (χ1v) is 12.2. The third kappa shape index (κ3) is 4.32. The number of halogens is 4. The lowest BCUT2D eigenvalue weighted by Crippen LogP contribution is -2.63. The quantitative estimate of drug-likeness (QED) is 0.393. The standard InChI is InChI=1S/C27H25F4N3O3/c1-36-24-11-22(19-4-2-3-5-21(19)27(29,30)31)32-34(24)17-12-26(13-17)14-33(15-26)25(35)20-9-6-16(28)10-23(20)37-18-7-8-18/h2-6,9-11,17-18H,7-8,12-15H2,1H3. The number of carbonyl (C=O) groups excluding carboxylic acids is 1. The second-order valence-corrected chi connectivity index (χ2v) is 10.2. The van der Waals surface area contributed by atoms with Crippen molar-refractivity contribution in [3.05, 3.63) is 65.5 Å². The zero-order valence-corrected chi connectivity index (χ0v) is 20.1. The monoisotopic (exact) mass is 515 g/mol. The summed E-state index contributed by atoms with van der Waals surface area (Å²) in [6.45, 7) is 1.10. The van der Waals surface area contributed by atoms with Crippen molar-refractivity contribution in [2.75, 3.05) is 20.2 Å². The molecule has 0 bridgehead atoms. The molecule has 2 heterocycles. The first-order valence-electron chi connectivity index (χ1n) is 12.2. The van der Waals surface area contributed by atoms with E-state index in [1.165, 1.54) is 43.5 Å². The number of likely N-dealkylation sites (tertiary alicyclic amines) is 1. The smallest absolute Gasteiger partial charge is 0.417 e. The van der Waals surface area contributed by atoms with Crippen LogP contribution in [0.4, 0.5) is 17.6 Å². The van der Waals surface area contributed by atoms with Crippen molar-refractivity contribution in [1.29, 1.82) is 0 Å². The summed E-state index contributed by atoms with van der Waals surface area (Å²) in [5, 5.41) is 4.49. The molecule has 10 heteroatoms. The summed E-state index contributed by atoms with van der Waals surface area (Å²) in [7, 11) is 1.47. The molecule has 0 atom stereocenters. The maximum absolute atomic E-state index is 13.7. The van der Waals surface area contributed by atoms with Gasteiger partial charge in [0, 0.05) is 36.2 Å². The van der Waals surface area contributed by atoms with Gasteiger partial charge in [0.25, 0.3) is 5.91 Å². The Kier molecular flexibility index (Phi) is 5.47. The van der Waals surface area contributed by atoms with E-state index < -0.39 is 17.6 Å². The van der Waals surface area contributed by atoms with Crippen LogP contribution in [0.1, 0.15) is 47.6 Å². The van der Waals surface area contributed by atoms with E-state index in [1.54, 1.807) is 15.6 Å². The van der Waals surface area contributed by atoms with Crippen LogP contribution in [0.2, 0.25) is 0 Å². The maximum Gasteiger partial charge on any atom is 0.417 e. The van der Waals surface area contributed by atoms with E-state index in [2.05, 4.69) is 5.10 Å². The first-order chi connectivity index (χ1) is 17.7. The molecule has 0 N–H and O–H groups in total. The molecule has 1 amide bonds. The molecule has 1 aliphatic heterocycles. The zero-order valence-electron chi connectivity index (χ0n) is 20.1. The summed E-state index contributed by atoms with van der Waals surface area (Å²) in [6.07, 6.45) is -1.20. The van der Waals surface area contributed by atoms with Crippen LogP contribution in [0, 0.1) is 11.2 Å². The third-order valence-electron chi connectivity index (χ3n) is 7.43. The van der Waals surface area contributed by atoms with Crippen LogP contribution in [0.25, 0.3) is 11.3 Å². The summed E-state index contributed by atoms with van der Waals surface area (Å²) < 4.78 is 67.2. The number of nitrogens with zero attached hydrogens (tertiary/aromatic N) is 3. The van der Waals surface area contributed by atoms with Crippen LogP contribution in [0.5, 0.6) is 11.6 Å². The second-order valence-electron chi connectivity index (χ2n) is 10.2. The van der Waals surface area contributed by atoms with Gasteiger partial charge in [-0.2, -0.15) is 18.3 Å².